The molecule has 0 saturated carbocycles. The van der Waals surface area contributed by atoms with Crippen LogP contribution in [0, 0.1) is 0 Å². The number of carbonyl (C=O) groups excluding carboxylic acids is 1. The molecule has 0 aliphatic carbocycles. The van der Waals surface area contributed by atoms with Crippen molar-refractivity contribution in [2.45, 2.75) is 26.8 Å². The lowest BCUT2D eigenvalue weighted by Crippen LogP contribution is -2.39. The quantitative estimate of drug-likeness (QED) is 0.333. The van der Waals surface area contributed by atoms with Crippen molar-refractivity contribution < 1.29 is 19.0 Å². The lowest BCUT2D eigenvalue weighted by atomic mass is 9.96. The van der Waals surface area contributed by atoms with E-state index in [-0.39, 0.29) is 12.2 Å². The summed E-state index contributed by atoms with van der Waals surface area (Å²) in [7, 11) is 1.59. The summed E-state index contributed by atoms with van der Waals surface area (Å²) >= 11 is 1.29. The van der Waals surface area contributed by atoms with Gasteiger partial charge >= 0.3 is 5.97 Å². The number of esters is 1. The van der Waals surface area contributed by atoms with Crippen molar-refractivity contribution in [3.05, 3.63) is 103 Å². The maximum atomic E-state index is 14.0. The summed E-state index contributed by atoms with van der Waals surface area (Å²) in [4.78, 5) is 32.3. The highest BCUT2D eigenvalue weighted by Gasteiger charge is 2.33. The minimum atomic E-state index is -0.683. The number of methoxy groups -OCH3 is 1. The van der Waals surface area contributed by atoms with E-state index < -0.39 is 12.0 Å². The number of nitrogens with zero attached hydrogens (tertiary/aromatic N) is 2. The van der Waals surface area contributed by atoms with E-state index in [0.717, 1.165) is 21.9 Å². The van der Waals surface area contributed by atoms with Gasteiger partial charge in [-0.25, -0.2) is 9.79 Å². The Morgan fingerprint density at radius 1 is 1.05 bits per heavy atom. The van der Waals surface area contributed by atoms with E-state index in [2.05, 4.69) is 4.99 Å². The fourth-order valence-corrected chi connectivity index (χ4v) is 5.76. The van der Waals surface area contributed by atoms with Crippen molar-refractivity contribution in [1.29, 1.82) is 0 Å². The number of aromatic nitrogens is 1. The molecule has 1 aromatic heterocycles. The zero-order chi connectivity index (χ0) is 26.8. The molecule has 194 valence electrons. The van der Waals surface area contributed by atoms with Crippen LogP contribution in [-0.2, 0) is 9.53 Å². The predicted molar refractivity (Wildman–Crippen MR) is 149 cm³/mol. The maximum absolute atomic E-state index is 14.0. The summed E-state index contributed by atoms with van der Waals surface area (Å²) in [5.74, 6) is 0.891. The molecule has 0 spiro atoms. The molecule has 1 atom stereocenters. The first-order valence-corrected chi connectivity index (χ1v) is 13.3. The molecule has 38 heavy (non-hydrogen) atoms. The monoisotopic (exact) mass is 528 g/mol. The van der Waals surface area contributed by atoms with Gasteiger partial charge in [0.1, 0.15) is 11.5 Å². The fourth-order valence-electron chi connectivity index (χ4n) is 4.73. The van der Waals surface area contributed by atoms with Gasteiger partial charge in [-0.1, -0.05) is 53.8 Å². The average molecular weight is 529 g/mol. The van der Waals surface area contributed by atoms with Gasteiger partial charge < -0.3 is 14.2 Å². The van der Waals surface area contributed by atoms with E-state index in [9.17, 15) is 9.59 Å². The Balaban J connectivity index is 1.76. The van der Waals surface area contributed by atoms with Gasteiger partial charge in [0.05, 0.1) is 42.2 Å². The van der Waals surface area contributed by atoms with Crippen LogP contribution < -0.4 is 24.4 Å². The van der Waals surface area contributed by atoms with Crippen molar-refractivity contribution in [3.63, 3.8) is 0 Å². The van der Waals surface area contributed by atoms with E-state index in [0.29, 0.717) is 38.7 Å². The number of carbonyl (C=O) groups is 1. The summed E-state index contributed by atoms with van der Waals surface area (Å²) in [5, 5.41) is 2.03. The van der Waals surface area contributed by atoms with Gasteiger partial charge in [-0.2, -0.15) is 0 Å². The van der Waals surface area contributed by atoms with E-state index in [1.807, 2.05) is 73.7 Å². The highest BCUT2D eigenvalue weighted by atomic mass is 32.1. The van der Waals surface area contributed by atoms with Crippen LogP contribution in [0.15, 0.2) is 81.7 Å². The van der Waals surface area contributed by atoms with E-state index >= 15 is 0 Å². The second kappa shape index (κ2) is 10.7. The largest absolute Gasteiger partial charge is 0.497 e. The Labute approximate surface area is 223 Å². The summed E-state index contributed by atoms with van der Waals surface area (Å²) in [6, 6.07) is 18.6. The van der Waals surface area contributed by atoms with Gasteiger partial charge in [0.25, 0.3) is 5.56 Å². The third kappa shape index (κ3) is 4.52. The Hall–Kier alpha value is -4.17. The first-order chi connectivity index (χ1) is 18.5. The number of hydrogen-bond acceptors (Lipinski definition) is 7. The second-order valence-electron chi connectivity index (χ2n) is 8.71. The molecule has 0 radical (unpaired) electrons. The maximum Gasteiger partial charge on any atom is 0.338 e. The van der Waals surface area contributed by atoms with Crippen LogP contribution in [-0.4, -0.2) is 30.9 Å². The number of benzene rings is 3. The zero-order valence-corrected chi connectivity index (χ0v) is 22.5. The van der Waals surface area contributed by atoms with Crippen molar-refractivity contribution in [2.24, 2.45) is 4.99 Å². The molecule has 2 heterocycles. The number of fused-ring (bicyclic) bond motifs is 2. The predicted octanol–water partition coefficient (Wildman–Crippen LogP) is 4.36. The Kier molecular flexibility index (Phi) is 7.15. The van der Waals surface area contributed by atoms with Crippen LogP contribution in [0.4, 0.5) is 0 Å². The van der Waals surface area contributed by atoms with Crippen LogP contribution in [0.5, 0.6) is 11.5 Å². The van der Waals surface area contributed by atoms with E-state index in [1.165, 1.54) is 11.3 Å². The molecular formula is C30H28N2O5S. The number of allylic oxidation sites excluding steroid dienone is 1. The molecule has 0 amide bonds. The number of thiazole rings is 1. The second-order valence-corrected chi connectivity index (χ2v) is 9.72. The van der Waals surface area contributed by atoms with Gasteiger partial charge in [-0.05, 0) is 61.4 Å². The van der Waals surface area contributed by atoms with Crippen molar-refractivity contribution in [3.8, 4) is 11.5 Å². The Morgan fingerprint density at radius 2 is 1.82 bits per heavy atom. The molecule has 4 aromatic rings. The van der Waals surface area contributed by atoms with Crippen LogP contribution in [0.2, 0.25) is 0 Å². The molecule has 7 nitrogen and oxygen atoms in total. The van der Waals surface area contributed by atoms with E-state index in [4.69, 9.17) is 14.2 Å². The smallest absolute Gasteiger partial charge is 0.338 e. The van der Waals surface area contributed by atoms with Crippen molar-refractivity contribution in [2.75, 3.05) is 20.3 Å². The molecule has 0 bridgehead atoms. The molecule has 0 fully saturated rings. The molecule has 1 aliphatic rings. The Morgan fingerprint density at radius 3 is 2.53 bits per heavy atom. The van der Waals surface area contributed by atoms with Crippen LogP contribution >= 0.6 is 11.3 Å². The lowest BCUT2D eigenvalue weighted by Gasteiger charge is -2.24. The van der Waals surface area contributed by atoms with Crippen LogP contribution in [0.3, 0.4) is 0 Å². The summed E-state index contributed by atoms with van der Waals surface area (Å²) in [6.45, 7) is 6.18. The average Bonchev–Trinajstić information content (AvgIpc) is 3.23. The molecule has 1 unspecified atom stereocenters. The minimum Gasteiger partial charge on any atom is -0.497 e. The molecule has 0 saturated heterocycles. The normalized spacial score (nSPS) is 15.3. The van der Waals surface area contributed by atoms with Crippen molar-refractivity contribution in [1.82, 2.24) is 4.57 Å². The lowest BCUT2D eigenvalue weighted by molar-refractivity contribution is -0.139. The first-order valence-electron chi connectivity index (χ1n) is 12.4. The summed E-state index contributed by atoms with van der Waals surface area (Å²) < 4.78 is 18.7. The SMILES string of the molecule is CCOC(=O)C1=C(C)N=c2sc(=Cc3c(OCC)ccc4ccccc34)c(=O)n2C1c1ccc(OC)cc1. The minimum absolute atomic E-state index is 0.219. The number of rotatable bonds is 7. The van der Waals surface area contributed by atoms with E-state index in [1.54, 1.807) is 25.5 Å². The molecule has 5 rings (SSSR count). The van der Waals surface area contributed by atoms with Gasteiger partial charge in [0.2, 0.25) is 0 Å². The first kappa shape index (κ1) is 25.5. The van der Waals surface area contributed by atoms with Gasteiger partial charge in [0, 0.05) is 5.56 Å². The zero-order valence-electron chi connectivity index (χ0n) is 21.7. The number of ether oxygens (including phenoxy) is 3. The summed E-state index contributed by atoms with van der Waals surface area (Å²) in [6.07, 6.45) is 1.87. The standard InChI is InChI=1S/C30H28N2O5S/c1-5-36-24-16-13-19-9-7-8-10-22(19)23(24)17-25-28(33)32-27(20-11-14-21(35-4)15-12-20)26(29(34)37-6-2)18(3)31-30(32)38-25/h7-17,27H,5-6H2,1-4H3. The summed E-state index contributed by atoms with van der Waals surface area (Å²) in [5.41, 5.74) is 2.22. The van der Waals surface area contributed by atoms with Crippen LogP contribution in [0.1, 0.15) is 37.9 Å². The van der Waals surface area contributed by atoms with Gasteiger partial charge in [-0.15, -0.1) is 0 Å². The van der Waals surface area contributed by atoms with Crippen molar-refractivity contribution >= 4 is 34.2 Å². The third-order valence-corrected chi connectivity index (χ3v) is 7.44. The Bertz CT molecular complexity index is 1730. The fraction of sp³-hybridized carbons (Fsp3) is 0.233. The van der Waals surface area contributed by atoms with Gasteiger partial charge in [-0.3, -0.25) is 9.36 Å². The topological polar surface area (TPSA) is 79.1 Å². The molecule has 8 heteroatoms. The third-order valence-electron chi connectivity index (χ3n) is 6.45. The number of hydrogen-bond donors (Lipinski definition) is 0. The molecule has 1 aliphatic heterocycles. The molecular weight excluding hydrogens is 500 g/mol. The molecule has 3 aromatic carbocycles. The van der Waals surface area contributed by atoms with Crippen LogP contribution in [0.25, 0.3) is 16.8 Å². The highest BCUT2D eigenvalue weighted by Crippen LogP contribution is 2.32. The highest BCUT2D eigenvalue weighted by molar-refractivity contribution is 7.07. The molecule has 0 N–H and O–H groups in total. The van der Waals surface area contributed by atoms with Gasteiger partial charge in [0.15, 0.2) is 4.80 Å².